The minimum absolute atomic E-state index is 0.415. The number of benzene rings is 1. The highest BCUT2D eigenvalue weighted by molar-refractivity contribution is 7.89. The van der Waals surface area contributed by atoms with Crippen LogP contribution in [0.5, 0.6) is 0 Å². The summed E-state index contributed by atoms with van der Waals surface area (Å²) >= 11 is 0. The van der Waals surface area contributed by atoms with Crippen molar-refractivity contribution in [3.63, 3.8) is 0 Å². The molecule has 0 amide bonds. The van der Waals surface area contributed by atoms with Gasteiger partial charge >= 0.3 is 0 Å². The fourth-order valence-corrected chi connectivity index (χ4v) is 2.66. The molecule has 0 aromatic heterocycles. The Balaban J connectivity index is 3.34. The van der Waals surface area contributed by atoms with Crippen LogP contribution in [0, 0.1) is 11.6 Å². The summed E-state index contributed by atoms with van der Waals surface area (Å²) in [7, 11) is -4.04. The lowest BCUT2D eigenvalue weighted by Gasteiger charge is -2.12. The maximum Gasteiger partial charge on any atom is 0.243 e. The zero-order chi connectivity index (χ0) is 13.2. The summed E-state index contributed by atoms with van der Waals surface area (Å²) < 4.78 is 52.3. The van der Waals surface area contributed by atoms with Gasteiger partial charge in [0.25, 0.3) is 0 Å². The van der Waals surface area contributed by atoms with Gasteiger partial charge in [-0.2, -0.15) is 0 Å². The van der Waals surface area contributed by atoms with Gasteiger partial charge in [0, 0.05) is 6.04 Å². The van der Waals surface area contributed by atoms with Crippen LogP contribution in [0.4, 0.5) is 8.78 Å². The fourth-order valence-electron chi connectivity index (χ4n) is 1.30. The first-order valence-electron chi connectivity index (χ1n) is 4.89. The van der Waals surface area contributed by atoms with E-state index in [2.05, 4.69) is 4.72 Å². The van der Waals surface area contributed by atoms with Crippen LogP contribution < -0.4 is 4.72 Å². The first kappa shape index (κ1) is 14.0. The maximum atomic E-state index is 13.7. The van der Waals surface area contributed by atoms with Gasteiger partial charge in [0.05, 0.1) is 12.2 Å². The molecule has 1 aromatic carbocycles. The molecular formula is C10H13F2NO3S. The van der Waals surface area contributed by atoms with Crippen molar-refractivity contribution in [2.45, 2.75) is 31.4 Å². The van der Waals surface area contributed by atoms with E-state index in [0.29, 0.717) is 0 Å². The normalized spacial score (nSPS) is 12.1. The van der Waals surface area contributed by atoms with Crippen LogP contribution in [0.3, 0.4) is 0 Å². The second kappa shape index (κ2) is 5.07. The molecule has 0 aliphatic carbocycles. The van der Waals surface area contributed by atoms with E-state index in [1.807, 2.05) is 0 Å². The van der Waals surface area contributed by atoms with Gasteiger partial charge in [-0.25, -0.2) is 21.9 Å². The molecule has 2 N–H and O–H groups in total. The topological polar surface area (TPSA) is 66.4 Å². The Morgan fingerprint density at radius 2 is 1.94 bits per heavy atom. The highest BCUT2D eigenvalue weighted by Gasteiger charge is 2.23. The molecule has 0 atom stereocenters. The van der Waals surface area contributed by atoms with Crippen molar-refractivity contribution in [3.8, 4) is 0 Å². The van der Waals surface area contributed by atoms with Crippen molar-refractivity contribution in [1.29, 1.82) is 0 Å². The number of aliphatic hydroxyl groups is 1. The van der Waals surface area contributed by atoms with Gasteiger partial charge in [0.1, 0.15) is 10.7 Å². The molecule has 96 valence electrons. The van der Waals surface area contributed by atoms with Crippen molar-refractivity contribution in [1.82, 2.24) is 4.72 Å². The molecule has 0 saturated heterocycles. The minimum Gasteiger partial charge on any atom is -0.391 e. The number of nitrogens with one attached hydrogen (secondary N) is 1. The number of rotatable bonds is 4. The average Bonchev–Trinajstić information content (AvgIpc) is 2.15. The third kappa shape index (κ3) is 2.99. The lowest BCUT2D eigenvalue weighted by molar-refractivity contribution is 0.267. The molecular weight excluding hydrogens is 252 g/mol. The molecule has 0 bridgehead atoms. The molecule has 0 unspecified atom stereocenters. The number of hydrogen-bond acceptors (Lipinski definition) is 3. The third-order valence-corrected chi connectivity index (χ3v) is 3.67. The molecule has 17 heavy (non-hydrogen) atoms. The summed E-state index contributed by atoms with van der Waals surface area (Å²) in [5, 5.41) is 8.78. The van der Waals surface area contributed by atoms with Gasteiger partial charge in [-0.15, -0.1) is 0 Å². The molecule has 0 fully saturated rings. The molecule has 1 aromatic rings. The third-order valence-electron chi connectivity index (χ3n) is 1.99. The molecule has 0 aliphatic rings. The summed E-state index contributed by atoms with van der Waals surface area (Å²) in [6, 6.07) is 1.22. The van der Waals surface area contributed by atoms with E-state index in [1.165, 1.54) is 0 Å². The van der Waals surface area contributed by atoms with Crippen LogP contribution in [0.2, 0.25) is 0 Å². The van der Waals surface area contributed by atoms with Crippen molar-refractivity contribution < 1.29 is 22.3 Å². The van der Waals surface area contributed by atoms with Crippen LogP contribution in [0.1, 0.15) is 19.4 Å². The Labute approximate surface area is 98.3 Å². The summed E-state index contributed by atoms with van der Waals surface area (Å²) in [6.45, 7) is 2.25. The lowest BCUT2D eigenvalue weighted by atomic mass is 10.2. The van der Waals surface area contributed by atoms with E-state index in [0.717, 1.165) is 12.1 Å². The van der Waals surface area contributed by atoms with E-state index in [-0.39, 0.29) is 0 Å². The van der Waals surface area contributed by atoms with Crippen molar-refractivity contribution in [3.05, 3.63) is 29.3 Å². The molecule has 7 heteroatoms. The van der Waals surface area contributed by atoms with Gasteiger partial charge in [-0.1, -0.05) is 0 Å². The van der Waals surface area contributed by atoms with Crippen LogP contribution in [-0.2, 0) is 16.6 Å². The van der Waals surface area contributed by atoms with Crippen LogP contribution in [0.15, 0.2) is 17.0 Å². The van der Waals surface area contributed by atoms with Crippen molar-refractivity contribution >= 4 is 10.0 Å². The molecule has 0 aliphatic heterocycles. The van der Waals surface area contributed by atoms with Crippen molar-refractivity contribution in [2.24, 2.45) is 0 Å². The van der Waals surface area contributed by atoms with E-state index in [9.17, 15) is 17.2 Å². The number of aliphatic hydroxyl groups excluding tert-OH is 1. The Bertz CT molecular complexity index is 515. The fraction of sp³-hybridized carbons (Fsp3) is 0.400. The Morgan fingerprint density at radius 1 is 1.35 bits per heavy atom. The maximum absolute atomic E-state index is 13.7. The highest BCUT2D eigenvalue weighted by atomic mass is 32.2. The molecule has 0 saturated carbocycles. The van der Waals surface area contributed by atoms with Gasteiger partial charge in [-0.05, 0) is 26.0 Å². The molecule has 0 radical (unpaired) electrons. The van der Waals surface area contributed by atoms with Crippen LogP contribution in [0.25, 0.3) is 0 Å². The Kier molecular flexibility index (Phi) is 4.18. The number of halogens is 2. The van der Waals surface area contributed by atoms with E-state index in [4.69, 9.17) is 5.11 Å². The standard InChI is InChI=1S/C10H13F2NO3S/c1-6(2)13-17(15,16)9-4-3-8(11)7(5-14)10(9)12/h3-4,6,13-14H,5H2,1-2H3. The van der Waals surface area contributed by atoms with Gasteiger partial charge in [-0.3, -0.25) is 0 Å². The van der Waals surface area contributed by atoms with Crippen LogP contribution >= 0.6 is 0 Å². The van der Waals surface area contributed by atoms with Crippen molar-refractivity contribution in [2.75, 3.05) is 0 Å². The van der Waals surface area contributed by atoms with Crippen LogP contribution in [-0.4, -0.2) is 19.6 Å². The second-order valence-corrected chi connectivity index (χ2v) is 5.45. The summed E-state index contributed by atoms with van der Waals surface area (Å²) in [5.74, 6) is -2.24. The van der Waals surface area contributed by atoms with E-state index in [1.54, 1.807) is 13.8 Å². The molecule has 0 heterocycles. The average molecular weight is 265 g/mol. The molecule has 1 rings (SSSR count). The first-order chi connectivity index (χ1) is 7.79. The van der Waals surface area contributed by atoms with Gasteiger partial charge < -0.3 is 5.11 Å². The number of sulfonamides is 1. The summed E-state index contributed by atoms with van der Waals surface area (Å²) in [4.78, 5) is -0.670. The monoisotopic (exact) mass is 265 g/mol. The van der Waals surface area contributed by atoms with Gasteiger partial charge in [0.2, 0.25) is 10.0 Å². The first-order valence-corrected chi connectivity index (χ1v) is 6.38. The zero-order valence-corrected chi connectivity index (χ0v) is 10.2. The molecule has 0 spiro atoms. The lowest BCUT2D eigenvalue weighted by Crippen LogP contribution is -2.31. The summed E-state index contributed by atoms with van der Waals surface area (Å²) in [5.41, 5.74) is -0.656. The Morgan fingerprint density at radius 3 is 2.41 bits per heavy atom. The second-order valence-electron chi connectivity index (χ2n) is 3.77. The van der Waals surface area contributed by atoms with E-state index < -0.39 is 44.8 Å². The minimum atomic E-state index is -4.04. The largest absolute Gasteiger partial charge is 0.391 e. The quantitative estimate of drug-likeness (QED) is 0.858. The SMILES string of the molecule is CC(C)NS(=O)(=O)c1ccc(F)c(CO)c1F. The zero-order valence-electron chi connectivity index (χ0n) is 9.37. The Hall–Kier alpha value is -1.05. The molecule has 4 nitrogen and oxygen atoms in total. The highest BCUT2D eigenvalue weighted by Crippen LogP contribution is 2.21. The smallest absolute Gasteiger partial charge is 0.243 e. The predicted molar refractivity (Wildman–Crippen MR) is 57.7 cm³/mol. The van der Waals surface area contributed by atoms with E-state index >= 15 is 0 Å². The van der Waals surface area contributed by atoms with Gasteiger partial charge in [0.15, 0.2) is 5.82 Å². The number of hydrogen-bond donors (Lipinski definition) is 2. The summed E-state index contributed by atoms with van der Waals surface area (Å²) in [6.07, 6.45) is 0. The predicted octanol–water partition coefficient (Wildman–Crippen LogP) is 1.14.